The van der Waals surface area contributed by atoms with Crippen LogP contribution in [0.2, 0.25) is 0 Å². The van der Waals surface area contributed by atoms with E-state index in [1.807, 2.05) is 170 Å². The van der Waals surface area contributed by atoms with Crippen LogP contribution >= 0.6 is 0 Å². The summed E-state index contributed by atoms with van der Waals surface area (Å²) >= 11 is 0. The van der Waals surface area contributed by atoms with E-state index < -0.39 is 11.7 Å². The van der Waals surface area contributed by atoms with E-state index in [1.54, 1.807) is 49.6 Å². The van der Waals surface area contributed by atoms with Crippen LogP contribution in [0.5, 0.6) is 0 Å². The average Bonchev–Trinajstić information content (AvgIpc) is 2.05. The zero-order valence-corrected chi connectivity index (χ0v) is 45.2. The minimum Gasteiger partial charge on any atom is -0.307 e. The van der Waals surface area contributed by atoms with Gasteiger partial charge < -0.3 is 18.3 Å². The van der Waals surface area contributed by atoms with E-state index in [4.69, 9.17) is 0 Å². The van der Waals surface area contributed by atoms with Crippen LogP contribution in [0.3, 0.4) is 0 Å². The second-order valence-electron chi connectivity index (χ2n) is 21.3. The van der Waals surface area contributed by atoms with Gasteiger partial charge in [0.15, 0.2) is 0 Å². The molecule has 0 saturated carbocycles. The van der Waals surface area contributed by atoms with Crippen LogP contribution in [0, 0.1) is 0 Å². The highest BCUT2D eigenvalue weighted by molar-refractivity contribution is 6.16. The molecule has 0 aliphatic heterocycles. The van der Waals surface area contributed by atoms with Gasteiger partial charge in [-0.15, -0.1) is 0 Å². The molecule has 0 aliphatic carbocycles. The van der Waals surface area contributed by atoms with E-state index in [1.165, 1.54) is 25.3 Å². The van der Waals surface area contributed by atoms with Gasteiger partial charge in [-0.2, -0.15) is 13.2 Å². The van der Waals surface area contributed by atoms with Crippen LogP contribution in [0.15, 0.2) is 251 Å². The minimum absolute atomic E-state index is 0.0612. The van der Waals surface area contributed by atoms with E-state index in [2.05, 4.69) is 64.1 Å². The molecule has 0 bridgehead atoms. The molecule has 17 rings (SSSR count). The van der Waals surface area contributed by atoms with Crippen LogP contribution in [0.1, 0.15) is 5.56 Å². The highest BCUT2D eigenvalue weighted by Gasteiger charge is 2.43. The number of alkyl halides is 3. The number of rotatable bonds is 8. The van der Waals surface area contributed by atoms with Gasteiger partial charge in [-0.3, -0.25) is 0 Å². The highest BCUT2D eigenvalue weighted by Crippen LogP contribution is 2.52. The summed E-state index contributed by atoms with van der Waals surface area (Å²) in [4.78, 5) is 34.9. The molecule has 0 aliphatic rings. The number of para-hydroxylation sites is 4. The molecule has 0 fully saturated rings. The van der Waals surface area contributed by atoms with Crippen LogP contribution in [-0.4, -0.2) is 58.1 Å². The first-order valence-electron chi connectivity index (χ1n) is 27.8. The molecule has 0 spiro atoms. The average molecular weight is 1120 g/mol. The van der Waals surface area contributed by atoms with Crippen molar-refractivity contribution in [3.8, 4) is 67.3 Å². The number of aromatic nitrogens is 12. The van der Waals surface area contributed by atoms with Gasteiger partial charge in [-0.05, 0) is 101 Å². The van der Waals surface area contributed by atoms with E-state index in [-0.39, 0.29) is 22.7 Å². The Kier molecular flexibility index (Phi) is 10.8. The fraction of sp³-hybridized carbons (Fsp3) is 0.0141. The number of hydrogen-bond acceptors (Lipinski definition) is 8. The van der Waals surface area contributed by atoms with Crippen molar-refractivity contribution >= 4 is 87.2 Å². The maximum absolute atomic E-state index is 18.5. The number of benzene rings is 9. The highest BCUT2D eigenvalue weighted by atomic mass is 19.4. The standard InChI is InChI=1S/C71H41F3N12/c72-71(73,74)68-69(85-58-13-5-1-9-50(58)51-10-2-6-14-59(51)85)66(83-62-21-17-42(46-30-75-38-76-31-46)25-54(62)55-26-43(18-22-63(55)83)47-32-77-39-78-33-47)29-67(70(68)86-60-15-7-3-11-52(60)53-12-4-8-16-61(53)86)84-64-23-19-44(48-34-79-40-80-35-48)27-56(64)57-28-45(20-24-65(57)84)49-36-81-41-82-37-49/h1-41H. The van der Waals surface area contributed by atoms with E-state index >= 15 is 13.2 Å². The predicted molar refractivity (Wildman–Crippen MR) is 333 cm³/mol. The molecule has 0 atom stereocenters. The van der Waals surface area contributed by atoms with Gasteiger partial charge in [0.05, 0.1) is 66.9 Å². The second-order valence-corrected chi connectivity index (χ2v) is 21.3. The fourth-order valence-corrected chi connectivity index (χ4v) is 13.1. The lowest BCUT2D eigenvalue weighted by Gasteiger charge is -2.28. The first-order chi connectivity index (χ1) is 42.3. The van der Waals surface area contributed by atoms with Crippen LogP contribution in [0.4, 0.5) is 13.2 Å². The van der Waals surface area contributed by atoms with Crippen molar-refractivity contribution in [2.24, 2.45) is 0 Å². The molecular weight excluding hydrogens is 1080 g/mol. The summed E-state index contributed by atoms with van der Waals surface area (Å²) in [6, 6.07) is 57.1. The third-order valence-corrected chi connectivity index (χ3v) is 16.7. The summed E-state index contributed by atoms with van der Waals surface area (Å²) in [7, 11) is 0. The van der Waals surface area contributed by atoms with Gasteiger partial charge in [0.1, 0.15) is 30.9 Å². The first kappa shape index (κ1) is 48.9. The molecule has 0 saturated heterocycles. The summed E-state index contributed by atoms with van der Waals surface area (Å²) in [6.45, 7) is 0. The largest absolute Gasteiger partial charge is 0.420 e. The SMILES string of the molecule is FC(F)(F)c1c(-n2c3ccccc3c3ccccc32)c(-n2c3ccc(-c4cncnc4)cc3c3cc(-c4cncnc4)ccc32)cc(-n2c3ccc(-c4cncnc4)cc3c3cc(-c4cncnc4)ccc32)c1-n1c2ccccc2c2ccccc21. The summed E-state index contributed by atoms with van der Waals surface area (Å²) in [6.07, 6.45) is 15.0. The maximum Gasteiger partial charge on any atom is 0.420 e. The van der Waals surface area contributed by atoms with Crippen molar-refractivity contribution in [1.29, 1.82) is 0 Å². The third kappa shape index (κ3) is 7.44. The topological polar surface area (TPSA) is 123 Å². The van der Waals surface area contributed by atoms with Gasteiger partial charge >= 0.3 is 6.18 Å². The van der Waals surface area contributed by atoms with Crippen molar-refractivity contribution in [2.75, 3.05) is 0 Å². The van der Waals surface area contributed by atoms with Crippen LogP contribution in [0.25, 0.3) is 154 Å². The van der Waals surface area contributed by atoms with Gasteiger partial charge in [-0.25, -0.2) is 39.9 Å². The van der Waals surface area contributed by atoms with Crippen molar-refractivity contribution in [2.45, 2.75) is 6.18 Å². The predicted octanol–water partition coefficient (Wildman–Crippen LogP) is 16.9. The summed E-state index contributed by atoms with van der Waals surface area (Å²) in [5.74, 6) is 0. The molecule has 17 aromatic rings. The third-order valence-electron chi connectivity index (χ3n) is 16.7. The van der Waals surface area contributed by atoms with Gasteiger partial charge in [-0.1, -0.05) is 97.1 Å². The molecule has 9 aromatic carbocycles. The molecule has 86 heavy (non-hydrogen) atoms. The van der Waals surface area contributed by atoms with Gasteiger partial charge in [0, 0.05) is 115 Å². The Morgan fingerprint density at radius 3 is 0.744 bits per heavy atom. The van der Waals surface area contributed by atoms with Crippen molar-refractivity contribution < 1.29 is 13.2 Å². The maximum atomic E-state index is 18.5. The number of halogens is 3. The molecule has 8 heterocycles. The van der Waals surface area contributed by atoms with E-state index in [0.717, 1.165) is 87.6 Å². The Morgan fingerprint density at radius 1 is 0.244 bits per heavy atom. The first-order valence-corrected chi connectivity index (χ1v) is 27.8. The molecular formula is C71H41F3N12. The Hall–Kier alpha value is -11.7. The Labute approximate surface area is 486 Å². The normalized spacial score (nSPS) is 12.1. The van der Waals surface area contributed by atoms with Gasteiger partial charge in [0.2, 0.25) is 0 Å². The lowest BCUT2D eigenvalue weighted by Crippen LogP contribution is -2.20. The summed E-state index contributed by atoms with van der Waals surface area (Å²) in [5.41, 5.74) is 11.1. The quantitative estimate of drug-likeness (QED) is 0.147. The molecule has 0 N–H and O–H groups in total. The molecule has 0 unspecified atom stereocenters. The molecule has 0 radical (unpaired) electrons. The zero-order valence-electron chi connectivity index (χ0n) is 45.2. The molecule has 12 nitrogen and oxygen atoms in total. The smallest absolute Gasteiger partial charge is 0.307 e. The second kappa shape index (κ2) is 18.9. The molecule has 406 valence electrons. The lowest BCUT2D eigenvalue weighted by molar-refractivity contribution is -0.137. The fourth-order valence-electron chi connectivity index (χ4n) is 13.1. The Bertz CT molecular complexity index is 4940. The van der Waals surface area contributed by atoms with Crippen molar-refractivity contribution in [3.05, 3.63) is 256 Å². The van der Waals surface area contributed by atoms with Crippen LogP contribution in [-0.2, 0) is 6.18 Å². The van der Waals surface area contributed by atoms with Crippen molar-refractivity contribution in [3.63, 3.8) is 0 Å². The Morgan fingerprint density at radius 2 is 0.488 bits per heavy atom. The summed E-state index contributed by atoms with van der Waals surface area (Å²) in [5, 5.41) is 6.39. The summed E-state index contributed by atoms with van der Waals surface area (Å²) < 4.78 is 63.1. The zero-order chi connectivity index (χ0) is 57.2. The van der Waals surface area contributed by atoms with Gasteiger partial charge in [0.25, 0.3) is 0 Å². The van der Waals surface area contributed by atoms with Crippen LogP contribution < -0.4 is 0 Å². The molecule has 15 heteroatoms. The Balaban J connectivity index is 1.12. The number of fused-ring (bicyclic) bond motifs is 12. The van der Waals surface area contributed by atoms with Crippen molar-refractivity contribution in [1.82, 2.24) is 58.1 Å². The lowest BCUT2D eigenvalue weighted by atomic mass is 10.0. The minimum atomic E-state index is -5.05. The number of nitrogens with zero attached hydrogens (tertiary/aromatic N) is 12. The van der Waals surface area contributed by atoms with E-state index in [9.17, 15) is 0 Å². The number of hydrogen-bond donors (Lipinski definition) is 0. The van der Waals surface area contributed by atoms with E-state index in [0.29, 0.717) is 44.1 Å². The monoisotopic (exact) mass is 1120 g/mol. The molecule has 8 aromatic heterocycles. The molecule has 0 amide bonds.